The lowest BCUT2D eigenvalue weighted by atomic mass is 9.40. The number of carbonyl (C=O) groups is 3. The van der Waals surface area contributed by atoms with Crippen molar-refractivity contribution in [2.24, 2.45) is 61.3 Å². The minimum atomic E-state index is -1.24. The molecule has 10 nitrogen and oxygen atoms in total. The molecule has 5 aliphatic rings. The second-order valence-corrected chi connectivity index (χ2v) is 15.5. The third kappa shape index (κ3) is 4.02. The van der Waals surface area contributed by atoms with Crippen LogP contribution < -0.4 is 11.5 Å². The van der Waals surface area contributed by atoms with E-state index in [1.54, 1.807) is 6.08 Å². The number of carbonyl (C=O) groups excluding carboxylic acids is 2. The van der Waals surface area contributed by atoms with Crippen molar-refractivity contribution in [1.29, 1.82) is 0 Å². The smallest absolute Gasteiger partial charge is 0.331 e. The first-order valence-electron chi connectivity index (χ1n) is 15.8. The first-order valence-corrected chi connectivity index (χ1v) is 15.8. The summed E-state index contributed by atoms with van der Waals surface area (Å²) in [7, 11) is 0. The summed E-state index contributed by atoms with van der Waals surface area (Å²) in [6.45, 7) is 13.2. The molecule has 2 fully saturated rings. The highest BCUT2D eigenvalue weighted by Crippen LogP contribution is 2.76. The minimum Gasteiger partial charge on any atom is -0.478 e. The van der Waals surface area contributed by atoms with Gasteiger partial charge in [0.25, 0.3) is 0 Å². The summed E-state index contributed by atoms with van der Waals surface area (Å²) < 4.78 is 0. The van der Waals surface area contributed by atoms with Crippen LogP contribution in [-0.2, 0) is 14.4 Å². The lowest BCUT2D eigenvalue weighted by Gasteiger charge is -2.63. The fourth-order valence-electron chi connectivity index (χ4n) is 10.8. The molecule has 2 saturated carbocycles. The molecule has 1 spiro atoms. The predicted molar refractivity (Wildman–Crippen MR) is 165 cm³/mol. The van der Waals surface area contributed by atoms with Gasteiger partial charge >= 0.3 is 5.97 Å². The number of carboxylic acids is 1. The van der Waals surface area contributed by atoms with E-state index in [1.165, 1.54) is 13.0 Å². The molecule has 242 valence electrons. The fraction of sp³-hybridized carbons (Fsp3) is 0.706. The molecular formula is C34H49N3O7. The second-order valence-electron chi connectivity index (χ2n) is 15.5. The van der Waals surface area contributed by atoms with Gasteiger partial charge in [0.1, 0.15) is 5.78 Å². The number of aliphatic hydroxyl groups excluding tert-OH is 3. The number of aliphatic hydroxyl groups is 3. The number of aliphatic carboxylic acids is 1. The average Bonchev–Trinajstić information content (AvgIpc) is 3.08. The summed E-state index contributed by atoms with van der Waals surface area (Å²) in [4.78, 5) is 43.6. The van der Waals surface area contributed by atoms with Crippen molar-refractivity contribution < 1.29 is 34.8 Å². The van der Waals surface area contributed by atoms with E-state index in [9.17, 15) is 34.8 Å². The summed E-state index contributed by atoms with van der Waals surface area (Å²) in [6.07, 6.45) is 3.48. The number of aliphatic imine (C=N–C) groups is 1. The van der Waals surface area contributed by atoms with Crippen LogP contribution in [0.3, 0.4) is 0 Å². The molecule has 8 N–H and O–H groups in total. The number of hydrogen-bond acceptors (Lipinski definition) is 7. The van der Waals surface area contributed by atoms with E-state index >= 15 is 0 Å². The maximum atomic E-state index is 14.6. The molecule has 0 bridgehead atoms. The number of rotatable bonds is 4. The Hall–Kier alpha value is -2.82. The molecule has 0 saturated heterocycles. The third-order valence-corrected chi connectivity index (χ3v) is 13.4. The van der Waals surface area contributed by atoms with Crippen LogP contribution in [-0.4, -0.2) is 68.3 Å². The number of allylic oxidation sites excluding steroid dienone is 2. The third-order valence-electron chi connectivity index (χ3n) is 13.4. The van der Waals surface area contributed by atoms with Gasteiger partial charge in [0.15, 0.2) is 11.7 Å². The summed E-state index contributed by atoms with van der Waals surface area (Å²) >= 11 is 0. The van der Waals surface area contributed by atoms with Crippen molar-refractivity contribution in [2.75, 3.05) is 0 Å². The van der Waals surface area contributed by atoms with Gasteiger partial charge in [-0.15, -0.1) is 0 Å². The van der Waals surface area contributed by atoms with Crippen LogP contribution in [0, 0.1) is 44.8 Å². The molecule has 0 heterocycles. The summed E-state index contributed by atoms with van der Waals surface area (Å²) in [5, 5.41) is 45.1. The first-order chi connectivity index (χ1) is 20.2. The minimum absolute atomic E-state index is 0.0242. The van der Waals surface area contributed by atoms with Gasteiger partial charge < -0.3 is 31.9 Å². The van der Waals surface area contributed by atoms with E-state index in [1.807, 2.05) is 40.7 Å². The van der Waals surface area contributed by atoms with Crippen LogP contribution in [0.15, 0.2) is 39.9 Å². The molecule has 0 aliphatic heterocycles. The Bertz CT molecular complexity index is 1430. The molecule has 0 aromatic rings. The van der Waals surface area contributed by atoms with E-state index in [2.05, 4.69) is 11.9 Å². The number of guanidine groups is 1. The van der Waals surface area contributed by atoms with Gasteiger partial charge in [-0.2, -0.15) is 0 Å². The van der Waals surface area contributed by atoms with E-state index < -0.39 is 69.2 Å². The van der Waals surface area contributed by atoms with Crippen LogP contribution in [0.25, 0.3) is 0 Å². The molecule has 0 radical (unpaired) electrons. The highest BCUT2D eigenvalue weighted by atomic mass is 16.4. The van der Waals surface area contributed by atoms with Gasteiger partial charge in [0, 0.05) is 51.6 Å². The highest BCUT2D eigenvalue weighted by molar-refractivity contribution is 6.01. The topological polar surface area (TPSA) is 197 Å². The normalized spacial score (nSPS) is 45.5. The number of fused-ring (bicyclic) bond motifs is 5. The Morgan fingerprint density at radius 2 is 1.77 bits per heavy atom. The van der Waals surface area contributed by atoms with Crippen molar-refractivity contribution in [3.8, 4) is 0 Å². The van der Waals surface area contributed by atoms with Gasteiger partial charge in [0.2, 0.25) is 0 Å². The zero-order chi connectivity index (χ0) is 32.9. The van der Waals surface area contributed by atoms with Crippen LogP contribution >= 0.6 is 0 Å². The van der Waals surface area contributed by atoms with Crippen molar-refractivity contribution >= 4 is 23.5 Å². The molecule has 0 unspecified atom stereocenters. The molecular weight excluding hydrogens is 562 g/mol. The van der Waals surface area contributed by atoms with Gasteiger partial charge in [-0.25, -0.2) is 9.79 Å². The molecule has 0 aromatic heterocycles. The SMILES string of the molecule is C/C(=C\[C@@H](O)[C@@H]1[C@@H](N=C(N)N)C=C[C@@]2(C[C@H](O)[C@@]3(C)C4=C(C(=O)C[C@]23C)[C@@]2(C)CCC(=O)C(C)(C)[C@H]2C[C@H]4O)[C@@H]1C)C(=O)O. The monoisotopic (exact) mass is 611 g/mol. The van der Waals surface area contributed by atoms with Crippen LogP contribution in [0.1, 0.15) is 80.6 Å². The number of carboxylic acid groups (broad SMARTS) is 1. The number of nitrogens with zero attached hydrogens (tertiary/aromatic N) is 1. The molecule has 5 rings (SSSR count). The van der Waals surface area contributed by atoms with E-state index in [0.717, 1.165) is 0 Å². The number of nitrogens with two attached hydrogens (primary N) is 2. The van der Waals surface area contributed by atoms with Crippen LogP contribution in [0.4, 0.5) is 0 Å². The lowest BCUT2D eigenvalue weighted by molar-refractivity contribution is -0.148. The van der Waals surface area contributed by atoms with Gasteiger partial charge in [-0.3, -0.25) is 9.59 Å². The number of Topliss-reactive ketones (excluding diaryl/α,β-unsaturated/α-hetero) is 2. The van der Waals surface area contributed by atoms with E-state index in [-0.39, 0.29) is 41.9 Å². The Balaban J connectivity index is 1.70. The standard InChI is InChI=1S/C34H49N3O7/c1-16(28(43)44)12-19(38)25-17(2)34(11-8-18(25)37-29(35)36)15-24(42)33(7)27-20(39)13-22-30(3,4)23(41)9-10-31(22,5)26(27)21(40)14-32(33,34)6/h8,11-12,17-20,22,24-25,38-39,42H,9-10,13-15H2,1-7H3,(H,43,44)(H4,35,36,37)/b16-12+/t17-,18+,19-,20-,22-,24+,25+,31+,32+,33+,34-/m1/s1. The Kier molecular flexibility index (Phi) is 7.47. The Morgan fingerprint density at radius 1 is 1.14 bits per heavy atom. The molecule has 10 heteroatoms. The van der Waals surface area contributed by atoms with Crippen molar-refractivity contribution in [3.05, 3.63) is 34.9 Å². The van der Waals surface area contributed by atoms with Crippen molar-refractivity contribution in [3.63, 3.8) is 0 Å². The van der Waals surface area contributed by atoms with E-state index in [0.29, 0.717) is 30.4 Å². The van der Waals surface area contributed by atoms with Crippen molar-refractivity contribution in [2.45, 2.75) is 105 Å². The molecule has 44 heavy (non-hydrogen) atoms. The zero-order valence-corrected chi connectivity index (χ0v) is 26.9. The number of ketones is 2. The van der Waals surface area contributed by atoms with Gasteiger partial charge in [-0.1, -0.05) is 53.7 Å². The average molecular weight is 612 g/mol. The Labute approximate surface area is 259 Å². The number of hydrogen-bond donors (Lipinski definition) is 6. The molecule has 0 amide bonds. The quantitative estimate of drug-likeness (QED) is 0.120. The molecule has 11 atom stereocenters. The summed E-state index contributed by atoms with van der Waals surface area (Å²) in [6, 6.07) is -0.669. The summed E-state index contributed by atoms with van der Waals surface area (Å²) in [5.41, 5.74) is 8.64. The van der Waals surface area contributed by atoms with Gasteiger partial charge in [-0.05, 0) is 55.1 Å². The second kappa shape index (κ2) is 10.1. The predicted octanol–water partition coefficient (Wildman–Crippen LogP) is 2.65. The summed E-state index contributed by atoms with van der Waals surface area (Å²) in [5.74, 6) is -2.57. The van der Waals surface area contributed by atoms with E-state index in [4.69, 9.17) is 11.5 Å². The highest BCUT2D eigenvalue weighted by Gasteiger charge is 2.75. The van der Waals surface area contributed by atoms with Crippen molar-refractivity contribution in [1.82, 2.24) is 0 Å². The molecule has 5 aliphatic carbocycles. The maximum Gasteiger partial charge on any atom is 0.331 e. The van der Waals surface area contributed by atoms with Gasteiger partial charge in [0.05, 0.1) is 24.4 Å². The Morgan fingerprint density at radius 3 is 2.36 bits per heavy atom. The lowest BCUT2D eigenvalue weighted by Crippen LogP contribution is -2.62. The van der Waals surface area contributed by atoms with Crippen LogP contribution in [0.5, 0.6) is 0 Å². The largest absolute Gasteiger partial charge is 0.478 e. The maximum absolute atomic E-state index is 14.6. The first kappa shape index (κ1) is 32.6. The van der Waals surface area contributed by atoms with Crippen LogP contribution in [0.2, 0.25) is 0 Å². The molecule has 0 aromatic carbocycles. The fourth-order valence-corrected chi connectivity index (χ4v) is 10.8. The zero-order valence-electron chi connectivity index (χ0n) is 26.9.